The zero-order valence-corrected chi connectivity index (χ0v) is 16.8. The maximum absolute atomic E-state index is 5.20. The van der Waals surface area contributed by atoms with E-state index in [1.165, 1.54) is 32.1 Å². The highest BCUT2D eigenvalue weighted by Gasteiger charge is 2.54. The highest BCUT2D eigenvalue weighted by molar-refractivity contribution is 5.77. The van der Waals surface area contributed by atoms with E-state index in [-0.39, 0.29) is 5.41 Å². The molecular weight excluding hydrogens is 360 g/mol. The highest BCUT2D eigenvalue weighted by Crippen LogP contribution is 2.61. The second kappa shape index (κ2) is 5.75. The summed E-state index contributed by atoms with van der Waals surface area (Å²) in [5.41, 5.74) is 6.41. The standard InChI is InChI=1S/C23H24N6/c1-15-4-3-5-17(26-15)20-19(16-6-7-18-24-14-25-29(18)12-16)27-21(28-20)23-10-8-22(2,13-23)9-11-23/h3-7,12,14H,8-11,13H2,1-2H3,(H,27,28). The number of hydrogen-bond donors (Lipinski definition) is 1. The third-order valence-electron chi connectivity index (χ3n) is 7.08. The molecule has 2 aliphatic rings. The average Bonchev–Trinajstić information content (AvgIpc) is 3.48. The Morgan fingerprint density at radius 2 is 1.90 bits per heavy atom. The number of rotatable bonds is 3. The van der Waals surface area contributed by atoms with Crippen LogP contribution < -0.4 is 0 Å². The van der Waals surface area contributed by atoms with Crippen LogP contribution in [0.5, 0.6) is 0 Å². The molecule has 0 spiro atoms. The van der Waals surface area contributed by atoms with E-state index in [1.807, 2.05) is 25.3 Å². The molecule has 29 heavy (non-hydrogen) atoms. The zero-order chi connectivity index (χ0) is 19.6. The van der Waals surface area contributed by atoms with Crippen LogP contribution in [0, 0.1) is 12.3 Å². The number of pyridine rings is 2. The fourth-order valence-electron chi connectivity index (χ4n) is 5.48. The number of aromatic nitrogens is 6. The molecule has 6 heteroatoms. The van der Waals surface area contributed by atoms with Crippen molar-refractivity contribution in [2.75, 3.05) is 0 Å². The maximum atomic E-state index is 5.20. The van der Waals surface area contributed by atoms with Crippen LogP contribution in [0.2, 0.25) is 0 Å². The van der Waals surface area contributed by atoms with E-state index >= 15 is 0 Å². The van der Waals surface area contributed by atoms with Gasteiger partial charge in [0.2, 0.25) is 0 Å². The lowest BCUT2D eigenvalue weighted by molar-refractivity contribution is 0.326. The van der Waals surface area contributed by atoms with E-state index in [2.05, 4.69) is 40.2 Å². The predicted molar refractivity (Wildman–Crippen MR) is 111 cm³/mol. The molecule has 6 rings (SSSR count). The Hall–Kier alpha value is -3.02. The Balaban J connectivity index is 1.54. The van der Waals surface area contributed by atoms with Gasteiger partial charge in [-0.1, -0.05) is 13.0 Å². The lowest BCUT2D eigenvalue weighted by Gasteiger charge is -2.24. The van der Waals surface area contributed by atoms with Gasteiger partial charge in [-0.05, 0) is 68.7 Å². The first-order valence-corrected chi connectivity index (χ1v) is 10.4. The van der Waals surface area contributed by atoms with Crippen LogP contribution in [0.25, 0.3) is 28.3 Å². The largest absolute Gasteiger partial charge is 0.340 e. The fraction of sp³-hybridized carbons (Fsp3) is 0.391. The molecule has 1 N–H and O–H groups in total. The topological polar surface area (TPSA) is 71.8 Å². The predicted octanol–water partition coefficient (Wildman–Crippen LogP) is 4.71. The summed E-state index contributed by atoms with van der Waals surface area (Å²) < 4.78 is 1.80. The van der Waals surface area contributed by atoms with Gasteiger partial charge in [0, 0.05) is 22.9 Å². The van der Waals surface area contributed by atoms with Crippen LogP contribution in [0.1, 0.15) is 50.5 Å². The van der Waals surface area contributed by atoms with Crippen LogP contribution in [0.4, 0.5) is 0 Å². The monoisotopic (exact) mass is 384 g/mol. The van der Waals surface area contributed by atoms with Crippen molar-refractivity contribution in [1.82, 2.24) is 29.5 Å². The third-order valence-corrected chi connectivity index (χ3v) is 7.08. The minimum atomic E-state index is 0.183. The lowest BCUT2D eigenvalue weighted by atomic mass is 9.82. The normalized spacial score (nSPS) is 25.9. The number of imidazole rings is 1. The quantitative estimate of drug-likeness (QED) is 0.555. The van der Waals surface area contributed by atoms with Crippen LogP contribution in [0.15, 0.2) is 42.9 Å². The Morgan fingerprint density at radius 3 is 2.66 bits per heavy atom. The second-order valence-corrected chi connectivity index (χ2v) is 9.22. The summed E-state index contributed by atoms with van der Waals surface area (Å²) in [7, 11) is 0. The molecule has 2 aliphatic carbocycles. The first-order chi connectivity index (χ1) is 14.0. The maximum Gasteiger partial charge on any atom is 0.155 e. The van der Waals surface area contributed by atoms with Crippen LogP contribution in [-0.2, 0) is 5.41 Å². The third kappa shape index (κ3) is 2.55. The summed E-state index contributed by atoms with van der Waals surface area (Å²) in [5, 5.41) is 4.30. The van der Waals surface area contributed by atoms with Crippen molar-refractivity contribution in [1.29, 1.82) is 0 Å². The molecular formula is C23H24N6. The molecule has 2 fully saturated rings. The first kappa shape index (κ1) is 16.9. The van der Waals surface area contributed by atoms with Gasteiger partial charge in [-0.2, -0.15) is 5.10 Å². The van der Waals surface area contributed by atoms with Crippen molar-refractivity contribution in [3.8, 4) is 22.6 Å². The van der Waals surface area contributed by atoms with Gasteiger partial charge in [-0.15, -0.1) is 0 Å². The Kier molecular flexibility index (Phi) is 3.35. The summed E-state index contributed by atoms with van der Waals surface area (Å²) in [6.45, 7) is 4.47. The van der Waals surface area contributed by atoms with Crippen molar-refractivity contribution in [3.05, 3.63) is 54.4 Å². The Morgan fingerprint density at radius 1 is 1.03 bits per heavy atom. The highest BCUT2D eigenvalue weighted by atomic mass is 15.3. The smallest absolute Gasteiger partial charge is 0.155 e. The van der Waals surface area contributed by atoms with Gasteiger partial charge < -0.3 is 4.98 Å². The van der Waals surface area contributed by atoms with Gasteiger partial charge in [0.1, 0.15) is 12.2 Å². The summed E-state index contributed by atoms with van der Waals surface area (Å²) in [5.74, 6) is 1.13. The van der Waals surface area contributed by atoms with Crippen molar-refractivity contribution < 1.29 is 0 Å². The zero-order valence-electron chi connectivity index (χ0n) is 16.8. The summed E-state index contributed by atoms with van der Waals surface area (Å²) >= 11 is 0. The Labute approximate surface area is 169 Å². The lowest BCUT2D eigenvalue weighted by Crippen LogP contribution is -2.21. The molecule has 0 atom stereocenters. The summed E-state index contributed by atoms with van der Waals surface area (Å²) in [4.78, 5) is 18.0. The molecule has 0 aliphatic heterocycles. The van der Waals surface area contributed by atoms with Crippen molar-refractivity contribution in [3.63, 3.8) is 0 Å². The molecule has 2 bridgehead atoms. The number of nitrogens with one attached hydrogen (secondary N) is 1. The molecule has 4 heterocycles. The fourth-order valence-corrected chi connectivity index (χ4v) is 5.48. The molecule has 146 valence electrons. The molecule has 2 saturated carbocycles. The van der Waals surface area contributed by atoms with Crippen molar-refractivity contribution >= 4 is 5.65 Å². The SMILES string of the molecule is Cc1cccc(-c2[nH]c(C34CCC(C)(CC3)C4)nc2-c2ccc3ncnn3c2)n1. The number of H-pyrrole nitrogens is 1. The number of aromatic amines is 1. The molecule has 4 aromatic heterocycles. The van der Waals surface area contributed by atoms with E-state index in [9.17, 15) is 0 Å². The number of hydrogen-bond acceptors (Lipinski definition) is 4. The minimum Gasteiger partial charge on any atom is -0.340 e. The van der Waals surface area contributed by atoms with Crippen LogP contribution in [-0.4, -0.2) is 29.5 Å². The van der Waals surface area contributed by atoms with Gasteiger partial charge in [0.05, 0.1) is 17.1 Å². The summed E-state index contributed by atoms with van der Waals surface area (Å²) in [6.07, 6.45) is 9.85. The van der Waals surface area contributed by atoms with E-state index < -0.39 is 0 Å². The molecule has 4 aromatic rings. The van der Waals surface area contributed by atoms with Gasteiger partial charge in [0.15, 0.2) is 5.65 Å². The Bertz CT molecular complexity index is 1230. The van der Waals surface area contributed by atoms with Gasteiger partial charge in [-0.25, -0.2) is 14.5 Å². The van der Waals surface area contributed by atoms with Gasteiger partial charge in [0.25, 0.3) is 0 Å². The molecule has 6 nitrogen and oxygen atoms in total. The second-order valence-electron chi connectivity index (χ2n) is 9.22. The van der Waals surface area contributed by atoms with Crippen LogP contribution in [0.3, 0.4) is 0 Å². The average molecular weight is 384 g/mol. The van der Waals surface area contributed by atoms with Gasteiger partial charge >= 0.3 is 0 Å². The van der Waals surface area contributed by atoms with Gasteiger partial charge in [-0.3, -0.25) is 4.98 Å². The number of aryl methyl sites for hydroxylation is 1. The van der Waals surface area contributed by atoms with Crippen LogP contribution >= 0.6 is 0 Å². The van der Waals surface area contributed by atoms with E-state index in [4.69, 9.17) is 9.97 Å². The van der Waals surface area contributed by atoms with Crippen molar-refractivity contribution in [2.45, 2.75) is 51.4 Å². The number of fused-ring (bicyclic) bond motifs is 3. The molecule has 0 saturated heterocycles. The number of nitrogens with zero attached hydrogens (tertiary/aromatic N) is 5. The first-order valence-electron chi connectivity index (χ1n) is 10.4. The van der Waals surface area contributed by atoms with E-state index in [0.29, 0.717) is 5.41 Å². The summed E-state index contributed by atoms with van der Waals surface area (Å²) in [6, 6.07) is 10.2. The molecule has 0 amide bonds. The van der Waals surface area contributed by atoms with E-state index in [0.717, 1.165) is 39.8 Å². The molecule has 0 unspecified atom stereocenters. The van der Waals surface area contributed by atoms with E-state index in [1.54, 1.807) is 10.8 Å². The molecule has 0 aromatic carbocycles. The molecule has 0 radical (unpaired) electrons. The van der Waals surface area contributed by atoms with Crippen molar-refractivity contribution in [2.24, 2.45) is 5.41 Å². The minimum absolute atomic E-state index is 0.183.